The lowest BCUT2D eigenvalue weighted by atomic mass is 10.0. The van der Waals surface area contributed by atoms with Gasteiger partial charge in [-0.1, -0.05) is 0 Å². The number of nitrogens with one attached hydrogen (secondary N) is 1. The van der Waals surface area contributed by atoms with Gasteiger partial charge in [0.2, 0.25) is 5.91 Å². The highest BCUT2D eigenvalue weighted by molar-refractivity contribution is 9.10. The van der Waals surface area contributed by atoms with Gasteiger partial charge in [0.05, 0.1) is 0 Å². The first-order valence-corrected chi connectivity index (χ1v) is 4.93. The van der Waals surface area contributed by atoms with E-state index in [2.05, 4.69) is 26.2 Å². The molecule has 1 N–H and O–H groups in total. The van der Waals surface area contributed by atoms with Crippen molar-refractivity contribution in [1.29, 1.82) is 0 Å². The number of carbonyl (C=O) groups is 1. The summed E-state index contributed by atoms with van der Waals surface area (Å²) in [6.07, 6.45) is 2.33. The first kappa shape index (κ1) is 8.69. The zero-order chi connectivity index (χ0) is 9.26. The van der Waals surface area contributed by atoms with Crippen molar-refractivity contribution in [3.8, 4) is 0 Å². The summed E-state index contributed by atoms with van der Waals surface area (Å²) in [6, 6.07) is 3.90. The molecule has 2 heterocycles. The molecule has 0 radical (unpaired) electrons. The Labute approximate surface area is 84.7 Å². The number of rotatable bonds is 1. The Bertz CT molecular complexity index is 323. The van der Waals surface area contributed by atoms with Crippen molar-refractivity contribution in [2.45, 2.75) is 12.3 Å². The molecule has 13 heavy (non-hydrogen) atoms. The molecule has 0 spiro atoms. The fraction of sp³-hybridized carbons (Fsp3) is 0.333. The number of carbonyl (C=O) groups excluding carboxylic acids is 1. The van der Waals surface area contributed by atoms with Crippen molar-refractivity contribution >= 4 is 21.8 Å². The molecule has 1 atom stereocenters. The third-order valence-corrected chi connectivity index (χ3v) is 2.62. The zero-order valence-corrected chi connectivity index (χ0v) is 8.54. The Balaban J connectivity index is 2.17. The van der Waals surface area contributed by atoms with Crippen molar-refractivity contribution < 1.29 is 4.79 Å². The van der Waals surface area contributed by atoms with Gasteiger partial charge < -0.3 is 5.32 Å². The summed E-state index contributed by atoms with van der Waals surface area (Å²) >= 11 is 3.32. The number of halogens is 1. The van der Waals surface area contributed by atoms with E-state index in [4.69, 9.17) is 0 Å². The molecule has 0 saturated carbocycles. The molecule has 2 rings (SSSR count). The largest absolute Gasteiger partial charge is 0.355 e. The molecular formula is C9H9BrN2O. The van der Waals surface area contributed by atoms with E-state index in [-0.39, 0.29) is 11.8 Å². The maximum Gasteiger partial charge on any atom is 0.220 e. The van der Waals surface area contributed by atoms with E-state index in [0.717, 1.165) is 10.2 Å². The fourth-order valence-corrected chi connectivity index (χ4v) is 1.68. The van der Waals surface area contributed by atoms with Gasteiger partial charge in [-0.2, -0.15) is 0 Å². The predicted molar refractivity (Wildman–Crippen MR) is 52.3 cm³/mol. The van der Waals surface area contributed by atoms with Gasteiger partial charge >= 0.3 is 0 Å². The number of hydrogen-bond donors (Lipinski definition) is 1. The molecule has 1 aliphatic rings. The average molecular weight is 241 g/mol. The van der Waals surface area contributed by atoms with E-state index >= 15 is 0 Å². The number of hydrogen-bond acceptors (Lipinski definition) is 2. The second-order valence-electron chi connectivity index (χ2n) is 3.11. The highest BCUT2D eigenvalue weighted by atomic mass is 79.9. The lowest BCUT2D eigenvalue weighted by Crippen LogP contribution is -2.13. The summed E-state index contributed by atoms with van der Waals surface area (Å²) in [6.45, 7) is 0.716. The lowest BCUT2D eigenvalue weighted by Gasteiger charge is -2.05. The first-order valence-electron chi connectivity index (χ1n) is 4.14. The van der Waals surface area contributed by atoms with Crippen LogP contribution in [-0.2, 0) is 4.79 Å². The molecule has 0 bridgehead atoms. The highest BCUT2D eigenvalue weighted by Gasteiger charge is 2.23. The maximum atomic E-state index is 10.9. The summed E-state index contributed by atoms with van der Waals surface area (Å²) in [5.41, 5.74) is 0.988. The van der Waals surface area contributed by atoms with Crippen molar-refractivity contribution in [2.75, 3.05) is 6.54 Å². The summed E-state index contributed by atoms with van der Waals surface area (Å²) < 4.78 is 0.966. The first-order chi connectivity index (χ1) is 6.25. The number of aromatic nitrogens is 1. The molecule has 3 nitrogen and oxygen atoms in total. The summed E-state index contributed by atoms with van der Waals surface area (Å²) in [4.78, 5) is 15.2. The Morgan fingerprint density at radius 1 is 1.54 bits per heavy atom. The third kappa shape index (κ3) is 1.88. The van der Waals surface area contributed by atoms with Crippen LogP contribution in [0.15, 0.2) is 22.8 Å². The summed E-state index contributed by atoms with van der Waals surface area (Å²) in [5.74, 6) is 0.371. The molecular weight excluding hydrogens is 232 g/mol. The van der Waals surface area contributed by atoms with E-state index in [1.165, 1.54) is 0 Å². The molecule has 68 valence electrons. The van der Waals surface area contributed by atoms with Gasteiger partial charge in [-0.25, -0.2) is 0 Å². The minimum absolute atomic E-state index is 0.120. The van der Waals surface area contributed by atoms with Crippen molar-refractivity contribution in [2.24, 2.45) is 0 Å². The highest BCUT2D eigenvalue weighted by Crippen LogP contribution is 2.21. The topological polar surface area (TPSA) is 42.0 Å². The van der Waals surface area contributed by atoms with Crippen LogP contribution in [0.25, 0.3) is 0 Å². The van der Waals surface area contributed by atoms with Crippen LogP contribution < -0.4 is 5.32 Å². The van der Waals surface area contributed by atoms with Gasteiger partial charge in [0.15, 0.2) is 0 Å². The molecule has 1 aromatic heterocycles. The normalized spacial score (nSPS) is 21.6. The van der Waals surface area contributed by atoms with Gasteiger partial charge in [0, 0.05) is 35.2 Å². The predicted octanol–water partition coefficient (Wildman–Crippen LogP) is 1.45. The third-order valence-electron chi connectivity index (χ3n) is 2.15. The minimum atomic E-state index is 0.120. The molecule has 4 heteroatoms. The van der Waals surface area contributed by atoms with Gasteiger partial charge in [0.1, 0.15) is 0 Å². The van der Waals surface area contributed by atoms with E-state index in [1.54, 1.807) is 6.20 Å². The van der Waals surface area contributed by atoms with Gasteiger partial charge in [-0.3, -0.25) is 9.78 Å². The molecule has 1 amide bonds. The number of amides is 1. The Morgan fingerprint density at radius 2 is 2.38 bits per heavy atom. The van der Waals surface area contributed by atoms with Crippen LogP contribution in [0.5, 0.6) is 0 Å². The van der Waals surface area contributed by atoms with Crippen LogP contribution in [0, 0.1) is 0 Å². The quantitative estimate of drug-likeness (QED) is 0.808. The van der Waals surface area contributed by atoms with E-state index in [9.17, 15) is 4.79 Å². The molecule has 0 aliphatic carbocycles. The summed E-state index contributed by atoms with van der Waals surface area (Å²) in [7, 11) is 0. The van der Waals surface area contributed by atoms with Crippen LogP contribution in [0.2, 0.25) is 0 Å². The fourth-order valence-electron chi connectivity index (χ4n) is 1.44. The van der Waals surface area contributed by atoms with Gasteiger partial charge in [-0.15, -0.1) is 0 Å². The minimum Gasteiger partial charge on any atom is -0.355 e. The van der Waals surface area contributed by atoms with E-state index < -0.39 is 0 Å². The van der Waals surface area contributed by atoms with Crippen molar-refractivity contribution in [3.05, 3.63) is 28.5 Å². The second-order valence-corrected chi connectivity index (χ2v) is 4.02. The monoisotopic (exact) mass is 240 g/mol. The van der Waals surface area contributed by atoms with Crippen LogP contribution in [0.1, 0.15) is 18.0 Å². The summed E-state index contributed by atoms with van der Waals surface area (Å²) in [5, 5.41) is 2.79. The SMILES string of the molecule is O=C1CC(c2ccc(Br)cn2)CN1. The van der Waals surface area contributed by atoms with Crippen molar-refractivity contribution in [3.63, 3.8) is 0 Å². The van der Waals surface area contributed by atoms with Crippen LogP contribution in [0.4, 0.5) is 0 Å². The Hall–Kier alpha value is -0.900. The zero-order valence-electron chi connectivity index (χ0n) is 6.96. The smallest absolute Gasteiger partial charge is 0.220 e. The van der Waals surface area contributed by atoms with Crippen LogP contribution in [0.3, 0.4) is 0 Å². The number of nitrogens with zero attached hydrogens (tertiary/aromatic N) is 1. The molecule has 1 saturated heterocycles. The average Bonchev–Trinajstić information content (AvgIpc) is 2.53. The van der Waals surface area contributed by atoms with Gasteiger partial charge in [-0.05, 0) is 28.1 Å². The van der Waals surface area contributed by atoms with E-state index in [0.29, 0.717) is 13.0 Å². The van der Waals surface area contributed by atoms with Gasteiger partial charge in [0.25, 0.3) is 0 Å². The second kappa shape index (κ2) is 3.46. The molecule has 1 aliphatic heterocycles. The van der Waals surface area contributed by atoms with Crippen LogP contribution >= 0.6 is 15.9 Å². The maximum absolute atomic E-state index is 10.9. The van der Waals surface area contributed by atoms with Crippen molar-refractivity contribution in [1.82, 2.24) is 10.3 Å². The molecule has 1 aromatic rings. The Kier molecular flexibility index (Phi) is 2.31. The van der Waals surface area contributed by atoms with E-state index in [1.807, 2.05) is 12.1 Å². The molecule has 1 unspecified atom stereocenters. The number of pyridine rings is 1. The van der Waals surface area contributed by atoms with Crippen LogP contribution in [-0.4, -0.2) is 17.4 Å². The standard InChI is InChI=1S/C9H9BrN2O/c10-7-1-2-8(11-5-7)6-3-9(13)12-4-6/h1-2,5-6H,3-4H2,(H,12,13). The molecule has 0 aromatic carbocycles. The lowest BCUT2D eigenvalue weighted by molar-refractivity contribution is -0.119. The molecule has 1 fully saturated rings. The Morgan fingerprint density at radius 3 is 2.92 bits per heavy atom.